The normalized spacial score (nSPS) is 20.3. The van der Waals surface area contributed by atoms with Crippen molar-refractivity contribution >= 4 is 23.8 Å². The lowest BCUT2D eigenvalue weighted by molar-refractivity contribution is -0.193. The molecule has 1 heterocycles. The Bertz CT molecular complexity index is 937. The number of esters is 3. The first kappa shape index (κ1) is 26.8. The van der Waals surface area contributed by atoms with Crippen LogP contribution in [0.15, 0.2) is 55.6 Å². The fourth-order valence-corrected chi connectivity index (χ4v) is 3.87. The Kier molecular flexibility index (Phi) is 8.05. The molecule has 0 spiro atoms. The fraction of sp³-hybridized carbons (Fsp3) is 0.440. The van der Waals surface area contributed by atoms with E-state index in [2.05, 4.69) is 13.2 Å². The Balaban J connectivity index is 2.82. The molecule has 1 aromatic carbocycles. The summed E-state index contributed by atoms with van der Waals surface area (Å²) < 4.78 is 15.9. The number of carbonyl (C=O) groups excluding carboxylic acids is 4. The molecule has 184 valence electrons. The lowest BCUT2D eigenvalue weighted by Crippen LogP contribution is -2.69. The Morgan fingerprint density at radius 1 is 1.09 bits per heavy atom. The average molecular weight is 474 g/mol. The number of hydrogen-bond donors (Lipinski definition) is 1. The van der Waals surface area contributed by atoms with Crippen molar-refractivity contribution in [2.45, 2.75) is 56.9 Å². The zero-order valence-electron chi connectivity index (χ0n) is 19.9. The van der Waals surface area contributed by atoms with Crippen molar-refractivity contribution < 1.29 is 38.5 Å². The van der Waals surface area contributed by atoms with Crippen LogP contribution in [0.25, 0.3) is 0 Å². The van der Waals surface area contributed by atoms with Gasteiger partial charge in [0, 0.05) is 0 Å². The van der Waals surface area contributed by atoms with E-state index in [-0.39, 0.29) is 18.8 Å². The minimum Gasteiger partial charge on any atom is -0.459 e. The highest BCUT2D eigenvalue weighted by Gasteiger charge is 2.73. The van der Waals surface area contributed by atoms with Crippen LogP contribution in [0.5, 0.6) is 0 Å². The SMILES string of the molecule is C=CCOC(=O)C1(C(=O)OCC=C)N([C@@H](C(=O)OC(C)(C)C)c2ccccc2)C(=O)CC1(C)O. The number of benzene rings is 1. The maximum absolute atomic E-state index is 13.4. The molecule has 1 aliphatic heterocycles. The molecule has 2 atom stereocenters. The summed E-state index contributed by atoms with van der Waals surface area (Å²) in [5, 5.41) is 11.3. The summed E-state index contributed by atoms with van der Waals surface area (Å²) in [5.74, 6) is -4.26. The van der Waals surface area contributed by atoms with Crippen molar-refractivity contribution in [1.29, 1.82) is 0 Å². The summed E-state index contributed by atoms with van der Waals surface area (Å²) in [4.78, 5) is 54.4. The van der Waals surface area contributed by atoms with Gasteiger partial charge in [-0.15, -0.1) is 0 Å². The molecule has 1 aromatic rings. The number of amides is 1. The summed E-state index contributed by atoms with van der Waals surface area (Å²) in [6.45, 7) is 12.4. The third-order valence-corrected chi connectivity index (χ3v) is 5.16. The van der Waals surface area contributed by atoms with Crippen LogP contribution >= 0.6 is 0 Å². The van der Waals surface area contributed by atoms with E-state index in [4.69, 9.17) is 14.2 Å². The van der Waals surface area contributed by atoms with Gasteiger partial charge in [-0.05, 0) is 33.3 Å². The quantitative estimate of drug-likeness (QED) is 0.251. The second-order valence-electron chi connectivity index (χ2n) is 9.05. The van der Waals surface area contributed by atoms with Crippen molar-refractivity contribution in [2.24, 2.45) is 0 Å². The molecule has 1 amide bonds. The van der Waals surface area contributed by atoms with Gasteiger partial charge in [-0.1, -0.05) is 55.6 Å². The molecule has 1 aliphatic rings. The highest BCUT2D eigenvalue weighted by molar-refractivity contribution is 6.13. The minimum atomic E-state index is -2.70. The predicted octanol–water partition coefficient (Wildman–Crippen LogP) is 2.25. The molecule has 0 saturated carbocycles. The lowest BCUT2D eigenvalue weighted by Gasteiger charge is -2.43. The average Bonchev–Trinajstić information content (AvgIpc) is 2.95. The van der Waals surface area contributed by atoms with E-state index in [1.54, 1.807) is 51.1 Å². The van der Waals surface area contributed by atoms with Crippen LogP contribution in [0.2, 0.25) is 0 Å². The van der Waals surface area contributed by atoms with Gasteiger partial charge >= 0.3 is 17.9 Å². The van der Waals surface area contributed by atoms with Crippen molar-refractivity contribution in [2.75, 3.05) is 13.2 Å². The van der Waals surface area contributed by atoms with Crippen LogP contribution in [0, 0.1) is 0 Å². The third kappa shape index (κ3) is 5.04. The second-order valence-corrected chi connectivity index (χ2v) is 9.05. The Morgan fingerprint density at radius 2 is 1.59 bits per heavy atom. The van der Waals surface area contributed by atoms with Gasteiger partial charge in [0.2, 0.25) is 5.91 Å². The molecule has 9 heteroatoms. The van der Waals surface area contributed by atoms with E-state index in [0.717, 1.165) is 11.8 Å². The van der Waals surface area contributed by atoms with Crippen LogP contribution in [0.1, 0.15) is 45.7 Å². The maximum atomic E-state index is 13.4. The summed E-state index contributed by atoms with van der Waals surface area (Å²) in [6.07, 6.45) is 1.88. The maximum Gasteiger partial charge on any atom is 0.347 e. The molecule has 1 unspecified atom stereocenters. The number of ether oxygens (including phenoxy) is 3. The van der Waals surface area contributed by atoms with E-state index < -0.39 is 53.0 Å². The van der Waals surface area contributed by atoms with Crippen LogP contribution in [0.3, 0.4) is 0 Å². The van der Waals surface area contributed by atoms with E-state index in [1.807, 2.05) is 0 Å². The van der Waals surface area contributed by atoms with Gasteiger partial charge in [0.15, 0.2) is 6.04 Å². The summed E-state index contributed by atoms with van der Waals surface area (Å²) in [5.41, 5.74) is -5.67. The number of hydrogen-bond acceptors (Lipinski definition) is 8. The van der Waals surface area contributed by atoms with Gasteiger partial charge in [0.25, 0.3) is 5.54 Å². The van der Waals surface area contributed by atoms with E-state index >= 15 is 0 Å². The number of rotatable bonds is 9. The zero-order chi connectivity index (χ0) is 25.7. The predicted molar refractivity (Wildman–Crippen MR) is 122 cm³/mol. The standard InChI is InChI=1S/C25H31NO8/c1-7-14-32-21(29)25(22(30)33-15-8-2)24(6,31)16-18(27)26(25)19(17-12-10-9-11-13-17)20(28)34-23(3,4)5/h7-13,19,31H,1-2,14-16H2,3-6H3/t19-,24?/m1/s1. The van der Waals surface area contributed by atoms with Crippen LogP contribution in [0.4, 0.5) is 0 Å². The zero-order valence-corrected chi connectivity index (χ0v) is 19.9. The van der Waals surface area contributed by atoms with Crippen molar-refractivity contribution in [3.63, 3.8) is 0 Å². The number of likely N-dealkylation sites (tertiary alicyclic amines) is 1. The van der Waals surface area contributed by atoms with Crippen molar-refractivity contribution in [3.05, 3.63) is 61.2 Å². The van der Waals surface area contributed by atoms with Gasteiger partial charge in [-0.2, -0.15) is 0 Å². The first-order valence-corrected chi connectivity index (χ1v) is 10.7. The summed E-state index contributed by atoms with van der Waals surface area (Å²) in [6, 6.07) is 6.47. The largest absolute Gasteiger partial charge is 0.459 e. The first-order valence-electron chi connectivity index (χ1n) is 10.7. The van der Waals surface area contributed by atoms with E-state index in [1.165, 1.54) is 12.2 Å². The monoisotopic (exact) mass is 473 g/mol. The molecule has 2 rings (SSSR count). The Hall–Kier alpha value is -3.46. The van der Waals surface area contributed by atoms with Gasteiger partial charge in [0.05, 0.1) is 6.42 Å². The Morgan fingerprint density at radius 3 is 2.03 bits per heavy atom. The molecule has 0 aliphatic carbocycles. The molecule has 1 N–H and O–H groups in total. The van der Waals surface area contributed by atoms with Crippen molar-refractivity contribution in [1.82, 2.24) is 4.90 Å². The molecular weight excluding hydrogens is 442 g/mol. The summed E-state index contributed by atoms with van der Waals surface area (Å²) in [7, 11) is 0. The highest BCUT2D eigenvalue weighted by Crippen LogP contribution is 2.47. The van der Waals surface area contributed by atoms with Gasteiger partial charge in [-0.3, -0.25) is 9.69 Å². The highest BCUT2D eigenvalue weighted by atomic mass is 16.6. The number of carbonyl (C=O) groups is 4. The molecule has 0 bridgehead atoms. The fourth-order valence-electron chi connectivity index (χ4n) is 3.87. The molecule has 0 aromatic heterocycles. The van der Waals surface area contributed by atoms with E-state index in [9.17, 15) is 24.3 Å². The molecule has 9 nitrogen and oxygen atoms in total. The third-order valence-electron chi connectivity index (χ3n) is 5.16. The smallest absolute Gasteiger partial charge is 0.347 e. The van der Waals surface area contributed by atoms with Crippen LogP contribution < -0.4 is 0 Å². The van der Waals surface area contributed by atoms with Gasteiger partial charge in [-0.25, -0.2) is 14.4 Å². The van der Waals surface area contributed by atoms with Crippen LogP contribution in [-0.4, -0.2) is 63.8 Å². The lowest BCUT2D eigenvalue weighted by atomic mass is 9.80. The van der Waals surface area contributed by atoms with E-state index in [0.29, 0.717) is 0 Å². The van der Waals surface area contributed by atoms with Gasteiger partial charge < -0.3 is 19.3 Å². The molecule has 0 radical (unpaired) electrons. The topological polar surface area (TPSA) is 119 Å². The second kappa shape index (κ2) is 10.2. The molecular formula is C25H31NO8. The molecule has 1 saturated heterocycles. The first-order chi connectivity index (χ1) is 15.8. The van der Waals surface area contributed by atoms with Gasteiger partial charge in [0.1, 0.15) is 24.4 Å². The Labute approximate surface area is 199 Å². The summed E-state index contributed by atoms with van der Waals surface area (Å²) >= 11 is 0. The van der Waals surface area contributed by atoms with Crippen LogP contribution in [-0.2, 0) is 33.4 Å². The number of aliphatic hydroxyl groups is 1. The molecule has 34 heavy (non-hydrogen) atoms. The van der Waals surface area contributed by atoms with Crippen molar-refractivity contribution in [3.8, 4) is 0 Å². The molecule has 1 fully saturated rings. The number of nitrogens with zero attached hydrogens (tertiary/aromatic N) is 1. The minimum absolute atomic E-state index is 0.264.